The van der Waals surface area contributed by atoms with E-state index in [-0.39, 0.29) is 17.9 Å². The zero-order valence-electron chi connectivity index (χ0n) is 28.1. The van der Waals surface area contributed by atoms with E-state index in [2.05, 4.69) is 94.6 Å². The van der Waals surface area contributed by atoms with E-state index >= 15 is 0 Å². The van der Waals surface area contributed by atoms with E-state index in [9.17, 15) is 4.79 Å². The summed E-state index contributed by atoms with van der Waals surface area (Å²) in [6, 6.07) is 20.9. The summed E-state index contributed by atoms with van der Waals surface area (Å²) in [5.74, 6) is 1.55. The number of fused-ring (bicyclic) bond motifs is 3. The fourth-order valence-electron chi connectivity index (χ4n) is 7.66. The lowest BCUT2D eigenvalue weighted by Gasteiger charge is -2.31. The first-order chi connectivity index (χ1) is 25.2. The second-order valence-corrected chi connectivity index (χ2v) is 13.5. The fraction of sp³-hybridized carbons (Fsp3) is 0.316. The third kappa shape index (κ3) is 6.25. The molecule has 7 heterocycles. The Kier molecular flexibility index (Phi) is 8.24. The largest absolute Gasteiger partial charge is 0.359 e. The number of likely N-dealkylation sites (tertiary alicyclic amines) is 2. The number of hydrogen-bond acceptors (Lipinski definition) is 10. The number of para-hydroxylation sites is 2. The Balaban J connectivity index is 0.809. The van der Waals surface area contributed by atoms with Gasteiger partial charge in [0.1, 0.15) is 17.8 Å². The maximum absolute atomic E-state index is 13.4. The van der Waals surface area contributed by atoms with Crippen molar-refractivity contribution in [1.29, 1.82) is 0 Å². The van der Waals surface area contributed by atoms with Crippen molar-refractivity contribution in [3.63, 3.8) is 0 Å². The van der Waals surface area contributed by atoms with Crippen molar-refractivity contribution in [2.75, 3.05) is 26.2 Å². The average molecular weight is 680 g/mol. The molecule has 1 unspecified atom stereocenters. The van der Waals surface area contributed by atoms with Gasteiger partial charge in [-0.3, -0.25) is 9.69 Å². The van der Waals surface area contributed by atoms with Gasteiger partial charge in [-0.15, -0.1) is 5.10 Å². The normalized spacial score (nSPS) is 17.4. The first-order valence-electron chi connectivity index (χ1n) is 17.6. The van der Waals surface area contributed by atoms with E-state index in [1.54, 1.807) is 24.7 Å². The first-order valence-corrected chi connectivity index (χ1v) is 17.6. The molecule has 2 aliphatic heterocycles. The van der Waals surface area contributed by atoms with Crippen LogP contribution < -0.4 is 0 Å². The maximum atomic E-state index is 13.4. The third-order valence-corrected chi connectivity index (χ3v) is 10.2. The topological polar surface area (TPSA) is 137 Å². The van der Waals surface area contributed by atoms with Crippen molar-refractivity contribution in [2.45, 2.75) is 50.7 Å². The molecule has 0 aliphatic carbocycles. The van der Waals surface area contributed by atoms with E-state index in [1.165, 1.54) is 28.1 Å². The minimum absolute atomic E-state index is 0.102. The standard InChI is InChI=1S/C38H37N11O2/c50-38(47-16-12-26(13-17-47)37-41-14-11-33(42-37)27-19-39-25-40-20-27)34-18-30(51-44-34)24-46-15-5-6-29(23-46)49-22-28(43-45-49)21-48-35-9-3-1-7-31(35)32-8-2-4-10-36(32)48/h1-4,7-11,14,18-20,22,25-26,29H,5-6,12-13,15-17,21,23-24H2. The van der Waals surface area contributed by atoms with Crippen LogP contribution in [0.25, 0.3) is 33.1 Å². The van der Waals surface area contributed by atoms with Crippen LogP contribution in [0.5, 0.6) is 0 Å². The zero-order valence-corrected chi connectivity index (χ0v) is 28.1. The van der Waals surface area contributed by atoms with Gasteiger partial charge >= 0.3 is 0 Å². The van der Waals surface area contributed by atoms with Crippen LogP contribution >= 0.6 is 0 Å². The summed E-state index contributed by atoms with van der Waals surface area (Å²) in [6.07, 6.45) is 12.5. The van der Waals surface area contributed by atoms with Crippen LogP contribution in [0.4, 0.5) is 0 Å². The molecule has 2 fully saturated rings. The Hall–Kier alpha value is -5.82. The van der Waals surface area contributed by atoms with E-state index in [0.717, 1.165) is 61.5 Å². The second kappa shape index (κ2) is 13.5. The third-order valence-electron chi connectivity index (χ3n) is 10.2. The zero-order chi connectivity index (χ0) is 34.1. The lowest BCUT2D eigenvalue weighted by Crippen LogP contribution is -2.38. The van der Waals surface area contributed by atoms with Gasteiger partial charge in [-0.1, -0.05) is 46.8 Å². The monoisotopic (exact) mass is 679 g/mol. The van der Waals surface area contributed by atoms with Crippen molar-refractivity contribution in [1.82, 2.24) is 54.5 Å². The van der Waals surface area contributed by atoms with Crippen molar-refractivity contribution in [2.24, 2.45) is 0 Å². The molecule has 5 aromatic heterocycles. The summed E-state index contributed by atoms with van der Waals surface area (Å²) in [7, 11) is 0. The molecule has 2 aromatic carbocycles. The molecular weight excluding hydrogens is 642 g/mol. The summed E-state index contributed by atoms with van der Waals surface area (Å²) >= 11 is 0. The number of piperidine rings is 2. The van der Waals surface area contributed by atoms with Crippen molar-refractivity contribution >= 4 is 27.7 Å². The SMILES string of the molecule is O=C(c1cc(CN2CCCC(n3cc(Cn4c5ccccc5c5ccccc54)nn3)C2)on1)N1CCC(c2nccc(-c3cncnc3)n2)CC1. The van der Waals surface area contributed by atoms with Gasteiger partial charge in [0.2, 0.25) is 0 Å². The number of hydrogen-bond donors (Lipinski definition) is 0. The second-order valence-electron chi connectivity index (χ2n) is 13.5. The van der Waals surface area contributed by atoms with E-state index in [1.807, 2.05) is 15.6 Å². The van der Waals surface area contributed by atoms with Crippen LogP contribution in [0.15, 0.2) is 96.3 Å². The van der Waals surface area contributed by atoms with Gasteiger partial charge < -0.3 is 14.0 Å². The van der Waals surface area contributed by atoms with E-state index < -0.39 is 0 Å². The summed E-state index contributed by atoms with van der Waals surface area (Å²) < 4.78 is 10.0. The van der Waals surface area contributed by atoms with E-state index in [0.29, 0.717) is 37.6 Å². The van der Waals surface area contributed by atoms with Crippen molar-refractivity contribution in [3.8, 4) is 11.3 Å². The van der Waals surface area contributed by atoms with Crippen LogP contribution in [-0.4, -0.2) is 86.5 Å². The van der Waals surface area contributed by atoms with Gasteiger partial charge in [-0.05, 0) is 50.4 Å². The van der Waals surface area contributed by atoms with Crippen molar-refractivity contribution in [3.05, 3.63) is 115 Å². The van der Waals surface area contributed by atoms with Gasteiger partial charge in [-0.2, -0.15) is 0 Å². The number of carbonyl (C=O) groups excluding carboxylic acids is 1. The quantitative estimate of drug-likeness (QED) is 0.202. The smallest absolute Gasteiger partial charge is 0.276 e. The Labute approximate surface area is 293 Å². The molecule has 1 atom stereocenters. The molecule has 0 bridgehead atoms. The van der Waals surface area contributed by atoms with E-state index in [4.69, 9.17) is 9.51 Å². The number of aromatic nitrogens is 9. The Morgan fingerprint density at radius 3 is 2.43 bits per heavy atom. The molecule has 0 N–H and O–H groups in total. The Bertz CT molecular complexity index is 2250. The minimum atomic E-state index is -0.102. The molecule has 2 saturated heterocycles. The van der Waals surface area contributed by atoms with Gasteiger partial charge in [0, 0.05) is 77.6 Å². The number of amides is 1. The predicted molar refractivity (Wildman–Crippen MR) is 190 cm³/mol. The summed E-state index contributed by atoms with van der Waals surface area (Å²) in [4.78, 5) is 35.1. The Morgan fingerprint density at radius 1 is 0.882 bits per heavy atom. The first kappa shape index (κ1) is 31.2. The molecule has 0 spiro atoms. The molecular formula is C38H37N11O2. The summed E-state index contributed by atoms with van der Waals surface area (Å²) in [5.41, 5.74) is 5.34. The van der Waals surface area contributed by atoms with Crippen LogP contribution in [0.3, 0.4) is 0 Å². The molecule has 51 heavy (non-hydrogen) atoms. The highest BCUT2D eigenvalue weighted by molar-refractivity contribution is 6.08. The van der Waals surface area contributed by atoms with Gasteiger partial charge in [0.25, 0.3) is 5.91 Å². The number of benzene rings is 2. The number of nitrogens with zero attached hydrogens (tertiary/aromatic N) is 11. The van der Waals surface area contributed by atoms with Crippen molar-refractivity contribution < 1.29 is 9.32 Å². The molecule has 9 rings (SSSR count). The van der Waals surface area contributed by atoms with Crippen LogP contribution in [-0.2, 0) is 13.1 Å². The fourth-order valence-corrected chi connectivity index (χ4v) is 7.66. The summed E-state index contributed by atoms with van der Waals surface area (Å²) in [6.45, 7) is 4.22. The molecule has 0 radical (unpaired) electrons. The van der Waals surface area contributed by atoms with Crippen LogP contribution in [0.1, 0.15) is 65.4 Å². The lowest BCUT2D eigenvalue weighted by molar-refractivity contribution is 0.0700. The Morgan fingerprint density at radius 2 is 1.65 bits per heavy atom. The predicted octanol–water partition coefficient (Wildman–Crippen LogP) is 5.53. The highest BCUT2D eigenvalue weighted by atomic mass is 16.5. The molecule has 7 aromatic rings. The van der Waals surface area contributed by atoms with Gasteiger partial charge in [-0.25, -0.2) is 24.6 Å². The van der Waals surface area contributed by atoms with Crippen LogP contribution in [0, 0.1) is 0 Å². The van der Waals surface area contributed by atoms with Crippen LogP contribution in [0.2, 0.25) is 0 Å². The molecule has 1 amide bonds. The minimum Gasteiger partial charge on any atom is -0.359 e. The number of rotatable bonds is 8. The lowest BCUT2D eigenvalue weighted by atomic mass is 9.95. The maximum Gasteiger partial charge on any atom is 0.276 e. The summed E-state index contributed by atoms with van der Waals surface area (Å²) in [5, 5.41) is 15.8. The average Bonchev–Trinajstić information content (AvgIpc) is 3.94. The molecule has 13 nitrogen and oxygen atoms in total. The molecule has 256 valence electrons. The molecule has 0 saturated carbocycles. The van der Waals surface area contributed by atoms with Gasteiger partial charge in [0.15, 0.2) is 11.5 Å². The molecule has 13 heteroatoms. The van der Waals surface area contributed by atoms with Gasteiger partial charge in [0.05, 0.1) is 31.0 Å². The number of carbonyl (C=O) groups is 1. The highest BCUT2D eigenvalue weighted by Crippen LogP contribution is 2.31. The molecule has 2 aliphatic rings. The highest BCUT2D eigenvalue weighted by Gasteiger charge is 2.29.